The Labute approximate surface area is 540 Å². The number of carbonyl (C=O) groups is 10. The predicted molar refractivity (Wildman–Crippen MR) is 345 cm³/mol. The van der Waals surface area contributed by atoms with Crippen LogP contribution < -0.4 is 71.6 Å². The third kappa shape index (κ3) is 18.8. The first kappa shape index (κ1) is 70.4. The number of nitrogens with zero attached hydrogens (tertiary/aromatic N) is 7. The van der Waals surface area contributed by atoms with E-state index in [2.05, 4.69) is 54.2 Å². The molecule has 0 aliphatic carbocycles. The number of thiophene rings is 1. The predicted octanol–water partition coefficient (Wildman–Crippen LogP) is -4.29. The number of likely N-dealkylation sites (tertiary alicyclic amines) is 2. The Morgan fingerprint density at radius 2 is 1.22 bits per heavy atom. The largest absolute Gasteiger partial charge is 0.480 e. The van der Waals surface area contributed by atoms with Gasteiger partial charge in [-0.15, -0.1) is 11.3 Å². The summed E-state index contributed by atoms with van der Waals surface area (Å²) < 4.78 is 0. The zero-order valence-electron chi connectivity index (χ0n) is 50.8. The summed E-state index contributed by atoms with van der Waals surface area (Å²) >= 11 is 5.78. The Morgan fingerprint density at radius 3 is 1.85 bits per heavy atom. The first-order valence-electron chi connectivity index (χ1n) is 30.3. The van der Waals surface area contributed by atoms with Crippen LogP contribution in [0, 0.1) is 0 Å². The van der Waals surface area contributed by atoms with Gasteiger partial charge in [0, 0.05) is 81.3 Å². The molecule has 4 aliphatic heterocycles. The third-order valence-electron chi connectivity index (χ3n) is 16.3. The number of thiol groups is 1. The van der Waals surface area contributed by atoms with Crippen LogP contribution in [0.2, 0.25) is 0 Å². The highest BCUT2D eigenvalue weighted by Gasteiger charge is 2.48. The number of para-hydroxylation sites is 1. The van der Waals surface area contributed by atoms with Crippen molar-refractivity contribution < 1.29 is 58.2 Å². The number of nitrogens with two attached hydrogens (primary N) is 7. The Kier molecular flexibility index (Phi) is 25.5. The molecule has 21 N–H and O–H groups in total. The van der Waals surface area contributed by atoms with Crippen molar-refractivity contribution in [2.75, 3.05) is 49.9 Å². The number of aliphatic hydroxyl groups is 1. The molecule has 33 heteroatoms. The molecule has 0 bridgehead atoms. The van der Waals surface area contributed by atoms with Gasteiger partial charge in [-0.05, 0) is 85.6 Å². The number of carboxylic acids is 1. The number of aliphatic carboxylic acids is 1. The lowest BCUT2D eigenvalue weighted by molar-refractivity contribution is -0.148. The number of amides is 9. The van der Waals surface area contributed by atoms with Crippen LogP contribution in [-0.2, 0) is 73.8 Å². The molecule has 10 atom stereocenters. The second kappa shape index (κ2) is 33.3. The van der Waals surface area contributed by atoms with Crippen LogP contribution in [0.5, 0.6) is 0 Å². The van der Waals surface area contributed by atoms with Crippen LogP contribution >= 0.6 is 24.0 Å². The lowest BCUT2D eigenvalue weighted by Crippen LogP contribution is -2.62. The third-order valence-corrected chi connectivity index (χ3v) is 17.6. The topological polar surface area (TPSA) is 503 Å². The van der Waals surface area contributed by atoms with E-state index < -0.39 is 126 Å². The molecule has 2 aromatic carbocycles. The normalized spacial score (nSPS) is 19.8. The van der Waals surface area contributed by atoms with Gasteiger partial charge in [0.2, 0.25) is 47.3 Å². The molecule has 5 heterocycles. The molecule has 7 rings (SSSR count). The quantitative estimate of drug-likeness (QED) is 0.0130. The number of guanidine groups is 3. The number of benzene rings is 2. The highest BCUT2D eigenvalue weighted by Crippen LogP contribution is 2.36. The monoisotopic (exact) mass is 1310 g/mol. The van der Waals surface area contributed by atoms with Gasteiger partial charge in [0.25, 0.3) is 5.91 Å². The molecular weight excluding hydrogens is 1230 g/mol. The SMILES string of the molecule is NC(N)=NCCC[C@H](NC(=O)[C@H]1Cc2ccccc2N1C(=O)[C@H]1Cc2ccccc2CN1C(=O)[C@H](CS)NC(=O)[C@H](Cc1cccs1)NC(=O)CNC(=O)[C@@H]1C[C@@H](O)CN1C(=O)[C@@H]1CCCN1C(=O)[C@H](CCCN=C(N)N)NC(=O)[C@@H](N)CCCN=C(N)N)C(=O)O. The van der Waals surface area contributed by atoms with Gasteiger partial charge < -0.3 is 91.6 Å². The molecule has 31 nitrogen and oxygen atoms in total. The number of anilines is 1. The highest BCUT2D eigenvalue weighted by molar-refractivity contribution is 7.80. The van der Waals surface area contributed by atoms with Crippen molar-refractivity contribution >= 4 is 107 Å². The van der Waals surface area contributed by atoms with Crippen LogP contribution in [0.25, 0.3) is 0 Å². The molecule has 0 spiro atoms. The van der Waals surface area contributed by atoms with Gasteiger partial charge >= 0.3 is 5.97 Å². The summed E-state index contributed by atoms with van der Waals surface area (Å²) in [4.78, 5) is 159. The number of fused-ring (bicyclic) bond motifs is 2. The number of carboxylic acid groups (broad SMARTS) is 1. The van der Waals surface area contributed by atoms with E-state index in [0.29, 0.717) is 34.5 Å². The molecule has 2 fully saturated rings. The van der Waals surface area contributed by atoms with Crippen LogP contribution in [0.1, 0.15) is 79.4 Å². The zero-order valence-corrected chi connectivity index (χ0v) is 52.5. The number of aliphatic hydroxyl groups excluding tert-OH is 1. The second-order valence-electron chi connectivity index (χ2n) is 22.9. The number of β-amino-alcohol motifs (C(OH)–C–C–N with tert-alkyl or cyclic N) is 1. The van der Waals surface area contributed by atoms with E-state index in [9.17, 15) is 48.6 Å². The molecule has 0 unspecified atom stereocenters. The highest BCUT2D eigenvalue weighted by atomic mass is 32.1. The summed E-state index contributed by atoms with van der Waals surface area (Å²) in [5.41, 5.74) is 41.3. The summed E-state index contributed by atoms with van der Waals surface area (Å²) in [5.74, 6) is -8.45. The molecule has 0 radical (unpaired) electrons. The molecular formula is C59H83N19O12S2. The molecule has 2 saturated heterocycles. The summed E-state index contributed by atoms with van der Waals surface area (Å²) in [6.07, 6.45) is 0.293. The number of carbonyl (C=O) groups excluding carboxylic acids is 9. The Balaban J connectivity index is 1.02. The standard InChI is InChI=1S/C59H83N19O12S2/c60-37(14-5-19-67-57(61)62)48(81)72-38(15-6-20-68-58(63)64)52(85)75-22-8-18-43(75)54(87)77-30-35(79)26-44(77)50(83)70-28-47(80)71-40(27-36-13-9-23-92-36)49(82)74-41(31-91)53(86)76-29-34-12-2-1-10-32(34)24-46(76)55(88)78-42-17-4-3-11-33(42)25-45(78)51(84)73-39(56(89)90)16-7-21-69-59(65)66/h1-4,9-13,17,23,35,37-41,43-46,79,91H,5-8,14-16,18-22,24-31,60H2,(H,70,83)(H,71,80)(H,72,81)(H,73,84)(H,74,82)(H,89,90)(H4,61,62,67)(H4,63,64,68)(H4,65,66,69)/t35-,37+,38+,39+,40+,41+,43+,44+,45-,46-/m1/s1. The number of hydrogen-bond acceptors (Lipinski definition) is 17. The van der Waals surface area contributed by atoms with Crippen molar-refractivity contribution in [1.29, 1.82) is 0 Å². The van der Waals surface area contributed by atoms with Gasteiger partial charge in [-0.3, -0.25) is 63.0 Å². The van der Waals surface area contributed by atoms with E-state index in [0.717, 1.165) is 10.5 Å². The maximum atomic E-state index is 15.3. The fourth-order valence-corrected chi connectivity index (χ4v) is 12.7. The van der Waals surface area contributed by atoms with E-state index in [-0.39, 0.29) is 127 Å². The van der Waals surface area contributed by atoms with Gasteiger partial charge in [0.05, 0.1) is 18.7 Å². The van der Waals surface area contributed by atoms with Gasteiger partial charge in [0.15, 0.2) is 17.9 Å². The van der Waals surface area contributed by atoms with Crippen molar-refractivity contribution in [3.63, 3.8) is 0 Å². The van der Waals surface area contributed by atoms with E-state index in [1.165, 1.54) is 26.0 Å². The van der Waals surface area contributed by atoms with E-state index in [1.54, 1.807) is 60.0 Å². The maximum Gasteiger partial charge on any atom is 0.326 e. The molecule has 498 valence electrons. The van der Waals surface area contributed by atoms with Crippen molar-refractivity contribution in [1.82, 2.24) is 41.3 Å². The lowest BCUT2D eigenvalue weighted by Gasteiger charge is -2.40. The second-order valence-corrected chi connectivity index (χ2v) is 24.3. The van der Waals surface area contributed by atoms with Crippen molar-refractivity contribution in [2.24, 2.45) is 55.1 Å². The number of aliphatic imine (C=N–C) groups is 3. The van der Waals surface area contributed by atoms with Crippen molar-refractivity contribution in [2.45, 2.75) is 144 Å². The smallest absolute Gasteiger partial charge is 0.326 e. The number of rotatable bonds is 30. The van der Waals surface area contributed by atoms with Crippen molar-refractivity contribution in [3.8, 4) is 0 Å². The number of hydrogen-bond donors (Lipinski definition) is 15. The van der Waals surface area contributed by atoms with E-state index >= 15 is 9.59 Å². The minimum atomic E-state index is -1.39. The molecule has 1 aromatic heterocycles. The summed E-state index contributed by atoms with van der Waals surface area (Å²) in [6, 6.07) is 6.38. The average Bonchev–Trinajstić information content (AvgIpc) is 1.49. The van der Waals surface area contributed by atoms with Crippen LogP contribution in [-0.4, -0.2) is 207 Å². The van der Waals surface area contributed by atoms with Crippen LogP contribution in [0.4, 0.5) is 5.69 Å². The van der Waals surface area contributed by atoms with Crippen LogP contribution in [0.15, 0.2) is 81.0 Å². The fourth-order valence-electron chi connectivity index (χ4n) is 11.7. The summed E-state index contributed by atoms with van der Waals surface area (Å²) in [5, 5.41) is 36.0. The molecule has 4 aliphatic rings. The molecule has 92 heavy (non-hydrogen) atoms. The maximum absolute atomic E-state index is 15.3. The lowest BCUT2D eigenvalue weighted by atomic mass is 9.92. The Morgan fingerprint density at radius 1 is 0.620 bits per heavy atom. The first-order valence-corrected chi connectivity index (χ1v) is 31.8. The Bertz CT molecular complexity index is 3250. The van der Waals surface area contributed by atoms with Gasteiger partial charge in [-0.2, -0.15) is 12.6 Å². The van der Waals surface area contributed by atoms with E-state index in [4.69, 9.17) is 40.1 Å². The average molecular weight is 1310 g/mol. The summed E-state index contributed by atoms with van der Waals surface area (Å²) in [7, 11) is 0. The molecule has 9 amide bonds. The van der Waals surface area contributed by atoms with Crippen LogP contribution in [0.3, 0.4) is 0 Å². The fraction of sp³-hybridized carbons (Fsp3) is 0.508. The van der Waals surface area contributed by atoms with Gasteiger partial charge in [-0.25, -0.2) is 4.79 Å². The van der Waals surface area contributed by atoms with Gasteiger partial charge in [0.1, 0.15) is 48.3 Å². The number of nitrogens with one attached hydrogen (secondary N) is 5. The summed E-state index contributed by atoms with van der Waals surface area (Å²) in [6.45, 7) is -0.466. The minimum absolute atomic E-state index is 0.00334. The molecule has 0 saturated carbocycles. The van der Waals surface area contributed by atoms with E-state index in [1.807, 2.05) is 6.07 Å². The van der Waals surface area contributed by atoms with Crippen molar-refractivity contribution in [3.05, 3.63) is 87.6 Å². The first-order chi connectivity index (χ1) is 43.9. The van der Waals surface area contributed by atoms with Gasteiger partial charge in [-0.1, -0.05) is 48.5 Å². The molecule has 3 aromatic rings. The Hall–Kier alpha value is -9.08. The zero-order chi connectivity index (χ0) is 66.8. The minimum Gasteiger partial charge on any atom is -0.480 e.